The summed E-state index contributed by atoms with van der Waals surface area (Å²) in [5.41, 5.74) is 6.61. The molecule has 2 unspecified atom stereocenters. The third kappa shape index (κ3) is 2.16. The summed E-state index contributed by atoms with van der Waals surface area (Å²) >= 11 is 0. The lowest BCUT2D eigenvalue weighted by atomic mass is 10.1. The van der Waals surface area contributed by atoms with Gasteiger partial charge in [-0.1, -0.05) is 0 Å². The molecule has 2 aliphatic heterocycles. The molecule has 12 heteroatoms. The van der Waals surface area contributed by atoms with Crippen LogP contribution in [0, 0.1) is 0 Å². The van der Waals surface area contributed by atoms with Gasteiger partial charge in [0.25, 0.3) is 7.23 Å². The Bertz CT molecular complexity index is 784. The zero-order valence-corrected chi connectivity index (χ0v) is 13.0. The second-order valence-electron chi connectivity index (χ2n) is 5.02. The van der Waals surface area contributed by atoms with Crippen LogP contribution in [0.3, 0.4) is 0 Å². The maximum absolute atomic E-state index is 10.5. The van der Waals surface area contributed by atoms with Gasteiger partial charge in [-0.2, -0.15) is 0 Å². The Morgan fingerprint density at radius 3 is 3.05 bits per heavy atom. The molecule has 0 saturated carbocycles. The molecular weight excluding hydrogens is 332 g/mol. The zero-order chi connectivity index (χ0) is 15.5. The molecule has 2 aliphatic rings. The van der Waals surface area contributed by atoms with E-state index in [1.807, 2.05) is 0 Å². The highest BCUT2D eigenvalue weighted by atomic mass is 31.8. The molecule has 4 heterocycles. The summed E-state index contributed by atoms with van der Waals surface area (Å²) in [6.45, 7) is 0.107. The van der Waals surface area contributed by atoms with Crippen molar-refractivity contribution >= 4 is 32.7 Å². The number of anilines is 1. The smallest absolute Gasteiger partial charge is 0.274 e. The largest absolute Gasteiger partial charge is 0.386 e. The number of imidazole rings is 1. The van der Waals surface area contributed by atoms with Crippen molar-refractivity contribution in [3.05, 3.63) is 12.7 Å². The predicted octanol–water partition coefficient (Wildman–Crippen LogP) is -0.105. The van der Waals surface area contributed by atoms with Gasteiger partial charge in [-0.15, -0.1) is 0 Å². The van der Waals surface area contributed by atoms with Crippen molar-refractivity contribution in [3.8, 4) is 0 Å². The summed E-state index contributed by atoms with van der Waals surface area (Å²) in [6.07, 6.45) is -0.240. The summed E-state index contributed by atoms with van der Waals surface area (Å²) in [5, 5.41) is 10.5. The van der Waals surface area contributed by atoms with E-state index >= 15 is 0 Å². The van der Waals surface area contributed by atoms with E-state index in [2.05, 4.69) is 23.5 Å². The van der Waals surface area contributed by atoms with Crippen molar-refractivity contribution in [2.24, 2.45) is 0 Å². The van der Waals surface area contributed by atoms with Crippen LogP contribution in [0.25, 0.3) is 11.2 Å². The molecule has 0 amide bonds. The van der Waals surface area contributed by atoms with Gasteiger partial charge < -0.3 is 29.5 Å². The summed E-state index contributed by atoms with van der Waals surface area (Å²) in [4.78, 5) is 21.9. The SMILES string of the molecule is Nc1ncnc2c1ncn2[C@@H]1O[C@@H]2COP(O)(=P)OC2[C@@H]1O. The fourth-order valence-corrected chi connectivity index (χ4v) is 4.23. The van der Waals surface area contributed by atoms with E-state index in [0.717, 1.165) is 0 Å². The van der Waals surface area contributed by atoms with E-state index in [-0.39, 0.29) is 12.4 Å². The van der Waals surface area contributed by atoms with Crippen molar-refractivity contribution in [1.82, 2.24) is 19.5 Å². The van der Waals surface area contributed by atoms with Gasteiger partial charge in [0, 0.05) is 0 Å². The molecule has 4 N–H and O–H groups in total. The van der Waals surface area contributed by atoms with Crippen molar-refractivity contribution < 1.29 is 23.8 Å². The van der Waals surface area contributed by atoms with E-state index < -0.39 is 31.8 Å². The number of ether oxygens (including phenoxy) is 1. The number of nitrogens with zero attached hydrogens (tertiary/aromatic N) is 4. The first-order chi connectivity index (χ1) is 10.5. The number of aliphatic hydroxyl groups is 1. The number of rotatable bonds is 1. The van der Waals surface area contributed by atoms with Gasteiger partial charge in [-0.25, -0.2) is 15.0 Å². The van der Waals surface area contributed by atoms with Gasteiger partial charge in [-0.3, -0.25) is 4.57 Å². The van der Waals surface area contributed by atoms with Crippen LogP contribution in [0.4, 0.5) is 5.82 Å². The van der Waals surface area contributed by atoms with Crippen LogP contribution in [0.1, 0.15) is 6.23 Å². The first-order valence-electron chi connectivity index (χ1n) is 6.43. The highest BCUT2D eigenvalue weighted by Gasteiger charge is 2.50. The summed E-state index contributed by atoms with van der Waals surface area (Å²) in [7, 11) is -0.0791. The van der Waals surface area contributed by atoms with Crippen LogP contribution < -0.4 is 5.73 Å². The minimum absolute atomic E-state index is 0.107. The molecule has 2 saturated heterocycles. The lowest BCUT2D eigenvalue weighted by Crippen LogP contribution is -2.38. The number of nitrogens with two attached hydrogens (primary N) is 1. The zero-order valence-electron chi connectivity index (χ0n) is 11.1. The van der Waals surface area contributed by atoms with Crippen LogP contribution >= 0.6 is 15.8 Å². The van der Waals surface area contributed by atoms with Crippen LogP contribution in [0.2, 0.25) is 0 Å². The Morgan fingerprint density at radius 1 is 1.41 bits per heavy atom. The molecule has 10 nitrogen and oxygen atoms in total. The molecule has 22 heavy (non-hydrogen) atoms. The molecule has 2 aromatic rings. The Kier molecular flexibility index (Phi) is 3.25. The van der Waals surface area contributed by atoms with Crippen LogP contribution in [0.15, 0.2) is 12.7 Å². The number of nitrogen functional groups attached to an aromatic ring is 1. The summed E-state index contributed by atoms with van der Waals surface area (Å²) in [6, 6.07) is 0. The lowest BCUT2D eigenvalue weighted by molar-refractivity contribution is -0.0593. The highest BCUT2D eigenvalue weighted by Crippen LogP contribution is 2.56. The Balaban J connectivity index is 1.71. The minimum atomic E-state index is -3.11. The quantitative estimate of drug-likeness (QED) is 0.605. The lowest BCUT2D eigenvalue weighted by Gasteiger charge is -2.31. The number of hydrogen-bond acceptors (Lipinski definition) is 8. The Morgan fingerprint density at radius 2 is 2.23 bits per heavy atom. The van der Waals surface area contributed by atoms with Gasteiger partial charge in [0.15, 0.2) is 17.7 Å². The van der Waals surface area contributed by atoms with Crippen molar-refractivity contribution in [2.45, 2.75) is 24.5 Å². The molecule has 2 fully saturated rings. The fraction of sp³-hybridized carbons (Fsp3) is 0.500. The van der Waals surface area contributed by atoms with E-state index in [4.69, 9.17) is 19.5 Å². The molecular formula is C10H13N5O5P2. The van der Waals surface area contributed by atoms with Crippen molar-refractivity contribution in [2.75, 3.05) is 12.3 Å². The summed E-state index contributed by atoms with van der Waals surface area (Å²) in [5.74, 6) is 0.244. The van der Waals surface area contributed by atoms with Gasteiger partial charge in [0.1, 0.15) is 30.2 Å². The molecule has 118 valence electrons. The molecule has 0 spiro atoms. The molecule has 5 atom stereocenters. The third-order valence-corrected chi connectivity index (χ3v) is 5.38. The maximum Gasteiger partial charge on any atom is 0.274 e. The number of fused-ring (bicyclic) bond motifs is 2. The fourth-order valence-electron chi connectivity index (χ4n) is 2.64. The molecule has 0 bridgehead atoms. The van der Waals surface area contributed by atoms with Crippen LogP contribution in [0.5, 0.6) is 0 Å². The minimum Gasteiger partial charge on any atom is -0.386 e. The van der Waals surface area contributed by atoms with Crippen LogP contribution in [-0.4, -0.2) is 54.4 Å². The number of hydrogen-bond donors (Lipinski definition) is 3. The first-order valence-corrected chi connectivity index (χ1v) is 9.34. The Hall–Kier alpha value is -1.12. The van der Waals surface area contributed by atoms with E-state index in [9.17, 15) is 10.00 Å². The average Bonchev–Trinajstić information content (AvgIpc) is 3.01. The Labute approximate surface area is 126 Å². The highest BCUT2D eigenvalue weighted by molar-refractivity contribution is 7.88. The molecule has 0 radical (unpaired) electrons. The van der Waals surface area contributed by atoms with E-state index in [1.165, 1.54) is 12.7 Å². The topological polar surface area (TPSA) is 138 Å². The number of aliphatic hydroxyl groups excluding tert-OH is 1. The second kappa shape index (κ2) is 4.94. The standard InChI is InChI=1S/C10H13N5O5P2/c11-8-5-9(13-2-12-8)15(3-14-5)10-6(16)7-4(19-10)1-18-22(17,21)20-7/h2-4,6-7,10,16-17,21H,1H2,(H2,11,12,13)/t4-,6+,7?,10-,22?/m1/s1. The molecule has 4 rings (SSSR count). The van der Waals surface area contributed by atoms with Gasteiger partial charge in [0.05, 0.1) is 12.9 Å². The van der Waals surface area contributed by atoms with Crippen molar-refractivity contribution in [1.29, 1.82) is 0 Å². The normalized spacial score (nSPS) is 38.3. The molecule has 2 aromatic heterocycles. The molecule has 0 aliphatic carbocycles. The first kappa shape index (κ1) is 14.5. The van der Waals surface area contributed by atoms with Crippen molar-refractivity contribution in [3.63, 3.8) is 0 Å². The number of aromatic nitrogens is 4. The van der Waals surface area contributed by atoms with Gasteiger partial charge >= 0.3 is 0 Å². The summed E-state index contributed by atoms with van der Waals surface area (Å²) < 4.78 is 17.8. The van der Waals surface area contributed by atoms with Gasteiger partial charge in [0.2, 0.25) is 0 Å². The predicted molar refractivity (Wildman–Crippen MR) is 77.9 cm³/mol. The van der Waals surface area contributed by atoms with Gasteiger partial charge in [-0.05, 0) is 8.53 Å². The monoisotopic (exact) mass is 345 g/mol. The molecule has 0 aromatic carbocycles. The van der Waals surface area contributed by atoms with Crippen LogP contribution in [-0.2, 0) is 13.8 Å². The third-order valence-electron chi connectivity index (χ3n) is 3.65. The maximum atomic E-state index is 10.5. The average molecular weight is 345 g/mol. The van der Waals surface area contributed by atoms with E-state index in [0.29, 0.717) is 11.2 Å². The second-order valence-corrected chi connectivity index (χ2v) is 8.23. The van der Waals surface area contributed by atoms with E-state index in [1.54, 1.807) is 4.57 Å².